The number of nitrogens with zero attached hydrogens (tertiary/aromatic N) is 2. The van der Waals surface area contributed by atoms with E-state index in [0.717, 1.165) is 19.5 Å². The van der Waals surface area contributed by atoms with Gasteiger partial charge in [0.15, 0.2) is 0 Å². The van der Waals surface area contributed by atoms with Gasteiger partial charge in [-0.1, -0.05) is 13.8 Å². The highest BCUT2D eigenvalue weighted by atomic mass is 16.2. The molecular formula is C14H29N3O. The number of piperidine rings is 1. The van der Waals surface area contributed by atoms with Crippen LogP contribution in [0.4, 0.5) is 0 Å². The van der Waals surface area contributed by atoms with Crippen molar-refractivity contribution < 1.29 is 4.79 Å². The summed E-state index contributed by atoms with van der Waals surface area (Å²) in [6, 6.07) is 0.638. The van der Waals surface area contributed by atoms with E-state index in [9.17, 15) is 4.79 Å². The maximum Gasteiger partial charge on any atom is 0.239 e. The molecule has 2 atom stereocenters. The van der Waals surface area contributed by atoms with E-state index in [1.165, 1.54) is 6.42 Å². The van der Waals surface area contributed by atoms with Gasteiger partial charge in [0.2, 0.25) is 5.91 Å². The van der Waals surface area contributed by atoms with Crippen molar-refractivity contribution in [1.82, 2.24) is 9.80 Å². The normalized spacial score (nSPS) is 22.9. The summed E-state index contributed by atoms with van der Waals surface area (Å²) in [5.74, 6) is 0.326. The summed E-state index contributed by atoms with van der Waals surface area (Å²) in [7, 11) is 2.14. The van der Waals surface area contributed by atoms with Gasteiger partial charge in [-0.25, -0.2) is 0 Å². The second kappa shape index (κ2) is 6.53. The molecule has 1 aliphatic rings. The van der Waals surface area contributed by atoms with E-state index in [1.54, 1.807) is 0 Å². The number of hydrogen-bond acceptors (Lipinski definition) is 3. The number of carbonyl (C=O) groups excluding carboxylic acids is 1. The van der Waals surface area contributed by atoms with Gasteiger partial charge in [0.05, 0.1) is 6.04 Å². The fourth-order valence-electron chi connectivity index (χ4n) is 2.40. The molecule has 0 aromatic carbocycles. The maximum atomic E-state index is 12.3. The molecule has 0 saturated carbocycles. The Bertz CT molecular complexity index is 278. The minimum atomic E-state index is -0.354. The van der Waals surface area contributed by atoms with Gasteiger partial charge in [0, 0.05) is 25.2 Å². The van der Waals surface area contributed by atoms with Crippen molar-refractivity contribution in [3.8, 4) is 0 Å². The van der Waals surface area contributed by atoms with Crippen LogP contribution in [-0.4, -0.2) is 54.0 Å². The molecule has 1 heterocycles. The van der Waals surface area contributed by atoms with E-state index in [-0.39, 0.29) is 17.9 Å². The van der Waals surface area contributed by atoms with Crippen LogP contribution in [-0.2, 0) is 4.79 Å². The van der Waals surface area contributed by atoms with E-state index in [2.05, 4.69) is 25.8 Å². The minimum absolute atomic E-state index is 0.117. The zero-order chi connectivity index (χ0) is 13.9. The van der Waals surface area contributed by atoms with Crippen molar-refractivity contribution in [1.29, 1.82) is 0 Å². The van der Waals surface area contributed by atoms with Gasteiger partial charge in [-0.2, -0.15) is 0 Å². The smallest absolute Gasteiger partial charge is 0.239 e. The first kappa shape index (κ1) is 15.4. The summed E-state index contributed by atoms with van der Waals surface area (Å²) < 4.78 is 0. The highest BCUT2D eigenvalue weighted by Crippen LogP contribution is 2.18. The second-order valence-corrected chi connectivity index (χ2v) is 6.11. The van der Waals surface area contributed by atoms with Crippen LogP contribution in [0.15, 0.2) is 0 Å². The van der Waals surface area contributed by atoms with Gasteiger partial charge in [-0.05, 0) is 39.7 Å². The molecule has 1 rings (SSSR count). The Morgan fingerprint density at radius 3 is 2.44 bits per heavy atom. The monoisotopic (exact) mass is 255 g/mol. The van der Waals surface area contributed by atoms with Crippen molar-refractivity contribution in [2.75, 3.05) is 20.1 Å². The predicted octanol–water partition coefficient (Wildman–Crippen LogP) is 1.30. The van der Waals surface area contributed by atoms with Crippen molar-refractivity contribution in [3.63, 3.8) is 0 Å². The summed E-state index contributed by atoms with van der Waals surface area (Å²) in [4.78, 5) is 16.6. The lowest BCUT2D eigenvalue weighted by Gasteiger charge is -2.40. The van der Waals surface area contributed by atoms with E-state index < -0.39 is 0 Å². The van der Waals surface area contributed by atoms with Crippen LogP contribution >= 0.6 is 0 Å². The summed E-state index contributed by atoms with van der Waals surface area (Å²) >= 11 is 0. The maximum absolute atomic E-state index is 12.3. The number of hydrogen-bond donors (Lipinski definition) is 1. The molecule has 0 radical (unpaired) electrons. The molecule has 0 bridgehead atoms. The Balaban J connectivity index is 2.61. The van der Waals surface area contributed by atoms with Gasteiger partial charge in [0.1, 0.15) is 0 Å². The van der Waals surface area contributed by atoms with Crippen LogP contribution in [0.25, 0.3) is 0 Å². The standard InChI is InChI=1S/C14H29N3O/c1-10(2)13(15)14(18)17-8-6-7-12(9-17)16(5)11(3)4/h10-13H,6-9,15H2,1-5H3/t12-,13?/m0/s1. The Hall–Kier alpha value is -0.610. The topological polar surface area (TPSA) is 49.6 Å². The van der Waals surface area contributed by atoms with Crippen LogP contribution < -0.4 is 5.73 Å². The zero-order valence-electron chi connectivity index (χ0n) is 12.5. The number of carbonyl (C=O) groups is 1. The highest BCUT2D eigenvalue weighted by Gasteiger charge is 2.30. The average Bonchev–Trinajstić information content (AvgIpc) is 2.35. The predicted molar refractivity (Wildman–Crippen MR) is 75.3 cm³/mol. The average molecular weight is 255 g/mol. The number of amides is 1. The first-order valence-corrected chi connectivity index (χ1v) is 7.11. The molecule has 1 amide bonds. The van der Waals surface area contributed by atoms with Gasteiger partial charge in [0.25, 0.3) is 0 Å². The Kier molecular flexibility index (Phi) is 5.60. The lowest BCUT2D eigenvalue weighted by atomic mass is 9.99. The molecule has 1 unspecified atom stereocenters. The van der Waals surface area contributed by atoms with E-state index >= 15 is 0 Å². The molecule has 1 aliphatic heterocycles. The molecule has 106 valence electrons. The summed E-state index contributed by atoms with van der Waals surface area (Å²) in [6.45, 7) is 10.1. The largest absolute Gasteiger partial charge is 0.340 e. The third-order valence-corrected chi connectivity index (χ3v) is 4.10. The molecule has 1 saturated heterocycles. The van der Waals surface area contributed by atoms with Crippen molar-refractivity contribution in [3.05, 3.63) is 0 Å². The number of likely N-dealkylation sites (N-methyl/N-ethyl adjacent to an activating group) is 1. The lowest BCUT2D eigenvalue weighted by Crippen LogP contribution is -2.54. The molecular weight excluding hydrogens is 226 g/mol. The highest BCUT2D eigenvalue weighted by molar-refractivity contribution is 5.82. The number of rotatable bonds is 4. The molecule has 18 heavy (non-hydrogen) atoms. The fourth-order valence-corrected chi connectivity index (χ4v) is 2.40. The molecule has 4 heteroatoms. The van der Waals surface area contributed by atoms with Crippen molar-refractivity contribution in [2.45, 2.75) is 58.7 Å². The van der Waals surface area contributed by atoms with Gasteiger partial charge < -0.3 is 10.6 Å². The Morgan fingerprint density at radius 1 is 1.33 bits per heavy atom. The van der Waals surface area contributed by atoms with Crippen LogP contribution in [0.1, 0.15) is 40.5 Å². The molecule has 1 fully saturated rings. The molecule has 0 spiro atoms. The molecule has 0 aliphatic carbocycles. The molecule has 4 nitrogen and oxygen atoms in total. The van der Waals surface area contributed by atoms with E-state index in [1.807, 2.05) is 18.7 Å². The SMILES string of the molecule is CC(C)C(N)C(=O)N1CCC[C@H](N(C)C(C)C)C1. The third-order valence-electron chi connectivity index (χ3n) is 4.10. The van der Waals surface area contributed by atoms with Crippen LogP contribution in [0.2, 0.25) is 0 Å². The first-order chi connectivity index (χ1) is 8.34. The zero-order valence-corrected chi connectivity index (χ0v) is 12.5. The summed E-state index contributed by atoms with van der Waals surface area (Å²) in [6.07, 6.45) is 2.26. The molecule has 0 aromatic heterocycles. The van der Waals surface area contributed by atoms with Crippen molar-refractivity contribution >= 4 is 5.91 Å². The third kappa shape index (κ3) is 3.69. The van der Waals surface area contributed by atoms with E-state index in [4.69, 9.17) is 5.73 Å². The fraction of sp³-hybridized carbons (Fsp3) is 0.929. The molecule has 2 N–H and O–H groups in total. The Morgan fingerprint density at radius 2 is 1.94 bits per heavy atom. The lowest BCUT2D eigenvalue weighted by molar-refractivity contribution is -0.135. The minimum Gasteiger partial charge on any atom is -0.340 e. The number of nitrogens with two attached hydrogens (primary N) is 1. The van der Waals surface area contributed by atoms with Gasteiger partial charge in [-0.3, -0.25) is 9.69 Å². The summed E-state index contributed by atoms with van der Waals surface area (Å²) in [5, 5.41) is 0. The van der Waals surface area contributed by atoms with Gasteiger partial charge >= 0.3 is 0 Å². The van der Waals surface area contributed by atoms with Crippen LogP contribution in [0.5, 0.6) is 0 Å². The Labute approximate surface area is 111 Å². The van der Waals surface area contributed by atoms with Crippen molar-refractivity contribution in [2.24, 2.45) is 11.7 Å². The number of likely N-dealkylation sites (tertiary alicyclic amines) is 1. The van der Waals surface area contributed by atoms with Crippen LogP contribution in [0.3, 0.4) is 0 Å². The van der Waals surface area contributed by atoms with E-state index in [0.29, 0.717) is 12.1 Å². The quantitative estimate of drug-likeness (QED) is 0.824. The molecule has 0 aromatic rings. The summed E-state index contributed by atoms with van der Waals surface area (Å²) in [5.41, 5.74) is 5.97. The second-order valence-electron chi connectivity index (χ2n) is 6.11. The first-order valence-electron chi connectivity index (χ1n) is 7.11. The van der Waals surface area contributed by atoms with Crippen LogP contribution in [0, 0.1) is 5.92 Å². The van der Waals surface area contributed by atoms with Gasteiger partial charge in [-0.15, -0.1) is 0 Å².